The predicted molar refractivity (Wildman–Crippen MR) is 64.1 cm³/mol. The van der Waals surface area contributed by atoms with E-state index < -0.39 is 0 Å². The van der Waals surface area contributed by atoms with Gasteiger partial charge in [0.1, 0.15) is 0 Å². The van der Waals surface area contributed by atoms with Gasteiger partial charge in [-0.2, -0.15) is 0 Å². The van der Waals surface area contributed by atoms with Gasteiger partial charge in [0.2, 0.25) is 5.91 Å². The lowest BCUT2D eigenvalue weighted by Gasteiger charge is -2.16. The molecule has 3 atom stereocenters. The van der Waals surface area contributed by atoms with Gasteiger partial charge in [-0.15, -0.1) is 0 Å². The van der Waals surface area contributed by atoms with Gasteiger partial charge < -0.3 is 10.1 Å². The Morgan fingerprint density at radius 1 is 1.67 bits per heavy atom. The van der Waals surface area contributed by atoms with Crippen molar-refractivity contribution < 1.29 is 9.53 Å². The second kappa shape index (κ2) is 6.48. The van der Waals surface area contributed by atoms with Crippen LogP contribution in [0, 0.1) is 11.8 Å². The zero-order valence-corrected chi connectivity index (χ0v) is 11.0. The fraction of sp³-hybridized carbons (Fsp3) is 0.909. The second-order valence-corrected chi connectivity index (χ2v) is 5.09. The van der Waals surface area contributed by atoms with Crippen LogP contribution in [0.4, 0.5) is 0 Å². The molecule has 1 aliphatic heterocycles. The minimum absolute atomic E-state index is 0.0566. The summed E-state index contributed by atoms with van der Waals surface area (Å²) in [5.74, 6) is 0.744. The highest BCUT2D eigenvalue weighted by Crippen LogP contribution is 2.20. The minimum atomic E-state index is 0.0566. The summed E-state index contributed by atoms with van der Waals surface area (Å²) in [7, 11) is 0. The summed E-state index contributed by atoms with van der Waals surface area (Å²) in [4.78, 5) is 11.8. The number of ether oxygens (including phenoxy) is 1. The van der Waals surface area contributed by atoms with E-state index in [4.69, 9.17) is 4.74 Å². The molecule has 15 heavy (non-hydrogen) atoms. The van der Waals surface area contributed by atoms with Gasteiger partial charge in [-0.1, -0.05) is 22.9 Å². The Kier molecular flexibility index (Phi) is 5.61. The topological polar surface area (TPSA) is 38.3 Å². The summed E-state index contributed by atoms with van der Waals surface area (Å²) in [5.41, 5.74) is 0. The van der Waals surface area contributed by atoms with E-state index >= 15 is 0 Å². The molecule has 1 aliphatic rings. The Labute approximate surface area is 100 Å². The maximum Gasteiger partial charge on any atom is 0.225 e. The van der Waals surface area contributed by atoms with Crippen LogP contribution in [0.2, 0.25) is 0 Å². The number of carbonyl (C=O) groups excluding carboxylic acids is 1. The Bertz CT molecular complexity index is 211. The molecule has 1 saturated heterocycles. The van der Waals surface area contributed by atoms with Gasteiger partial charge in [-0.3, -0.25) is 4.79 Å². The van der Waals surface area contributed by atoms with Gasteiger partial charge >= 0.3 is 0 Å². The highest BCUT2D eigenvalue weighted by Gasteiger charge is 2.30. The van der Waals surface area contributed by atoms with Crippen molar-refractivity contribution in [1.82, 2.24) is 5.32 Å². The first-order chi connectivity index (χ1) is 7.15. The molecule has 1 N–H and O–H groups in total. The van der Waals surface area contributed by atoms with Gasteiger partial charge in [0.15, 0.2) is 0 Å². The Hall–Kier alpha value is -0.0900. The van der Waals surface area contributed by atoms with Crippen LogP contribution in [0.3, 0.4) is 0 Å². The zero-order chi connectivity index (χ0) is 11.3. The largest absolute Gasteiger partial charge is 0.378 e. The molecule has 0 aromatic rings. The lowest BCUT2D eigenvalue weighted by atomic mass is 10.0. The Morgan fingerprint density at radius 2 is 2.40 bits per heavy atom. The normalized spacial score (nSPS) is 27.7. The summed E-state index contributed by atoms with van der Waals surface area (Å²) in [6.45, 7) is 5.61. The monoisotopic (exact) mass is 277 g/mol. The smallest absolute Gasteiger partial charge is 0.225 e. The quantitative estimate of drug-likeness (QED) is 0.781. The fourth-order valence-corrected chi connectivity index (χ4v) is 2.55. The predicted octanol–water partition coefficient (Wildman–Crippen LogP) is 1.95. The number of rotatable bonds is 5. The van der Waals surface area contributed by atoms with E-state index in [-0.39, 0.29) is 17.9 Å². The summed E-state index contributed by atoms with van der Waals surface area (Å²) >= 11 is 3.40. The van der Waals surface area contributed by atoms with Crippen LogP contribution < -0.4 is 5.32 Å². The van der Waals surface area contributed by atoms with Crippen molar-refractivity contribution >= 4 is 21.8 Å². The van der Waals surface area contributed by atoms with Crippen molar-refractivity contribution in [2.45, 2.75) is 32.8 Å². The third kappa shape index (κ3) is 4.11. The third-order valence-corrected chi connectivity index (χ3v) is 3.40. The van der Waals surface area contributed by atoms with Crippen LogP contribution in [-0.2, 0) is 9.53 Å². The summed E-state index contributed by atoms with van der Waals surface area (Å²) in [5, 5.41) is 3.99. The second-order valence-electron chi connectivity index (χ2n) is 4.30. The average Bonchev–Trinajstić information content (AvgIpc) is 2.61. The standard InChI is InChI=1S/C11H20BrNO2/c1-8(3-5-12)7-13-11(14)10-4-6-15-9(10)2/h8-10H,3-7H2,1-2H3,(H,13,14). The molecule has 1 amide bonds. The van der Waals surface area contributed by atoms with E-state index in [1.807, 2.05) is 6.92 Å². The molecule has 1 rings (SSSR count). The van der Waals surface area contributed by atoms with Crippen molar-refractivity contribution in [3.8, 4) is 0 Å². The molecule has 3 unspecified atom stereocenters. The molecule has 0 aliphatic carbocycles. The van der Waals surface area contributed by atoms with Crippen LogP contribution in [0.1, 0.15) is 26.7 Å². The number of carbonyl (C=O) groups is 1. The van der Waals surface area contributed by atoms with E-state index in [1.54, 1.807) is 0 Å². The molecule has 1 fully saturated rings. The molecule has 88 valence electrons. The number of halogens is 1. The SMILES string of the molecule is CC(CCBr)CNC(=O)C1CCOC1C. The van der Waals surface area contributed by atoms with Crippen molar-refractivity contribution in [3.05, 3.63) is 0 Å². The number of amides is 1. The number of alkyl halides is 1. The number of nitrogens with one attached hydrogen (secondary N) is 1. The number of hydrogen-bond acceptors (Lipinski definition) is 2. The molecule has 3 nitrogen and oxygen atoms in total. The molecular formula is C11H20BrNO2. The van der Waals surface area contributed by atoms with Gasteiger partial charge in [-0.25, -0.2) is 0 Å². The van der Waals surface area contributed by atoms with E-state index in [9.17, 15) is 4.79 Å². The lowest BCUT2D eigenvalue weighted by molar-refractivity contribution is -0.126. The fourth-order valence-electron chi connectivity index (χ4n) is 1.77. The van der Waals surface area contributed by atoms with Crippen LogP contribution in [0.15, 0.2) is 0 Å². The molecule has 1 heterocycles. The zero-order valence-electron chi connectivity index (χ0n) is 9.46. The minimum Gasteiger partial charge on any atom is -0.378 e. The molecule has 0 aromatic heterocycles. The molecule has 0 radical (unpaired) electrons. The van der Waals surface area contributed by atoms with Crippen LogP contribution in [-0.4, -0.2) is 30.5 Å². The Balaban J connectivity index is 2.23. The molecule has 0 saturated carbocycles. The van der Waals surface area contributed by atoms with Gasteiger partial charge in [0, 0.05) is 18.5 Å². The third-order valence-electron chi connectivity index (χ3n) is 2.94. The highest BCUT2D eigenvalue weighted by atomic mass is 79.9. The van der Waals surface area contributed by atoms with Crippen molar-refractivity contribution in [2.75, 3.05) is 18.5 Å². The first-order valence-electron chi connectivity index (χ1n) is 5.60. The molecule has 0 spiro atoms. The van der Waals surface area contributed by atoms with Crippen LogP contribution in [0.25, 0.3) is 0 Å². The lowest BCUT2D eigenvalue weighted by Crippen LogP contribution is -2.36. The first-order valence-corrected chi connectivity index (χ1v) is 6.72. The maximum atomic E-state index is 11.8. The van der Waals surface area contributed by atoms with Crippen LogP contribution in [0.5, 0.6) is 0 Å². The molecule has 0 bridgehead atoms. The molecule has 4 heteroatoms. The maximum absolute atomic E-state index is 11.8. The molecular weight excluding hydrogens is 258 g/mol. The van der Waals surface area contributed by atoms with Gasteiger partial charge in [-0.05, 0) is 25.7 Å². The first kappa shape index (κ1) is 13.0. The van der Waals surface area contributed by atoms with Crippen LogP contribution >= 0.6 is 15.9 Å². The number of hydrogen-bond donors (Lipinski definition) is 1. The van der Waals surface area contributed by atoms with E-state index in [2.05, 4.69) is 28.2 Å². The van der Waals surface area contributed by atoms with E-state index in [0.29, 0.717) is 5.92 Å². The van der Waals surface area contributed by atoms with Gasteiger partial charge in [0.05, 0.1) is 12.0 Å². The highest BCUT2D eigenvalue weighted by molar-refractivity contribution is 9.09. The van der Waals surface area contributed by atoms with E-state index in [0.717, 1.165) is 31.3 Å². The molecule has 0 aromatic carbocycles. The summed E-state index contributed by atoms with van der Waals surface area (Å²) in [6, 6.07) is 0. The summed E-state index contributed by atoms with van der Waals surface area (Å²) in [6.07, 6.45) is 2.04. The van der Waals surface area contributed by atoms with Gasteiger partial charge in [0.25, 0.3) is 0 Å². The van der Waals surface area contributed by atoms with Crippen molar-refractivity contribution in [2.24, 2.45) is 11.8 Å². The van der Waals surface area contributed by atoms with E-state index in [1.165, 1.54) is 0 Å². The summed E-state index contributed by atoms with van der Waals surface area (Å²) < 4.78 is 5.37. The average molecular weight is 278 g/mol. The van der Waals surface area contributed by atoms with Crippen molar-refractivity contribution in [3.63, 3.8) is 0 Å². The van der Waals surface area contributed by atoms with Crippen molar-refractivity contribution in [1.29, 1.82) is 0 Å². The Morgan fingerprint density at radius 3 is 2.93 bits per heavy atom.